The van der Waals surface area contributed by atoms with E-state index in [9.17, 15) is 4.79 Å². The third-order valence-corrected chi connectivity index (χ3v) is 4.62. The highest BCUT2D eigenvalue weighted by atomic mass is 16.5. The number of carbonyl (C=O) groups excluding carboxylic acids is 1. The van der Waals surface area contributed by atoms with Crippen molar-refractivity contribution in [1.29, 1.82) is 0 Å². The maximum absolute atomic E-state index is 12.6. The number of amides is 1. The van der Waals surface area contributed by atoms with Gasteiger partial charge in [0.2, 0.25) is 0 Å². The molecule has 0 spiro atoms. The summed E-state index contributed by atoms with van der Waals surface area (Å²) in [5, 5.41) is 3.23. The van der Waals surface area contributed by atoms with Crippen LogP contribution < -0.4 is 10.2 Å². The van der Waals surface area contributed by atoms with E-state index in [0.717, 1.165) is 32.5 Å². The SMILES string of the molecule is CN(C(=O)C1CNCCO1)C1CCCN(c2ccccc2)C1. The van der Waals surface area contributed by atoms with Crippen molar-refractivity contribution >= 4 is 11.6 Å². The first-order chi connectivity index (χ1) is 10.8. The summed E-state index contributed by atoms with van der Waals surface area (Å²) in [6, 6.07) is 10.7. The Bertz CT molecular complexity index is 488. The van der Waals surface area contributed by atoms with Gasteiger partial charge in [-0.05, 0) is 25.0 Å². The molecule has 0 saturated carbocycles. The minimum absolute atomic E-state index is 0.104. The molecule has 2 aliphatic rings. The first kappa shape index (κ1) is 15.3. The minimum Gasteiger partial charge on any atom is -0.369 e. The summed E-state index contributed by atoms with van der Waals surface area (Å²) in [4.78, 5) is 16.9. The van der Waals surface area contributed by atoms with Gasteiger partial charge in [-0.25, -0.2) is 0 Å². The van der Waals surface area contributed by atoms with Crippen molar-refractivity contribution in [3.8, 4) is 0 Å². The summed E-state index contributed by atoms with van der Waals surface area (Å²) < 4.78 is 5.60. The number of para-hydroxylation sites is 1. The molecule has 0 radical (unpaired) electrons. The van der Waals surface area contributed by atoms with E-state index in [2.05, 4.69) is 34.5 Å². The number of morpholine rings is 1. The van der Waals surface area contributed by atoms with Gasteiger partial charge in [-0.1, -0.05) is 18.2 Å². The number of likely N-dealkylation sites (N-methyl/N-ethyl adjacent to an activating group) is 1. The van der Waals surface area contributed by atoms with Gasteiger partial charge >= 0.3 is 0 Å². The lowest BCUT2D eigenvalue weighted by molar-refractivity contribution is -0.146. The fraction of sp³-hybridized carbons (Fsp3) is 0.588. The van der Waals surface area contributed by atoms with Crippen LogP contribution in [0.15, 0.2) is 30.3 Å². The number of ether oxygens (including phenoxy) is 1. The van der Waals surface area contributed by atoms with Crippen LogP contribution in [0, 0.1) is 0 Å². The lowest BCUT2D eigenvalue weighted by atomic mass is 10.0. The fourth-order valence-corrected chi connectivity index (χ4v) is 3.28. The van der Waals surface area contributed by atoms with E-state index in [1.807, 2.05) is 18.0 Å². The van der Waals surface area contributed by atoms with Crippen molar-refractivity contribution in [3.63, 3.8) is 0 Å². The van der Waals surface area contributed by atoms with Crippen molar-refractivity contribution in [2.24, 2.45) is 0 Å². The number of hydrogen-bond donors (Lipinski definition) is 1. The van der Waals surface area contributed by atoms with Crippen molar-refractivity contribution in [2.45, 2.75) is 25.0 Å². The van der Waals surface area contributed by atoms with Crippen LogP contribution in [-0.4, -0.2) is 62.8 Å². The number of nitrogens with zero attached hydrogens (tertiary/aromatic N) is 2. The summed E-state index contributed by atoms with van der Waals surface area (Å²) in [6.45, 7) is 4.03. The van der Waals surface area contributed by atoms with Crippen LogP contribution in [0.3, 0.4) is 0 Å². The molecule has 1 aromatic rings. The standard InChI is InChI=1S/C17H25N3O2/c1-19(17(21)16-12-18-9-11-22-16)15-8-5-10-20(13-15)14-6-3-2-4-7-14/h2-4,6-7,15-16,18H,5,8-13H2,1H3. The molecule has 2 aliphatic heterocycles. The molecule has 1 aromatic carbocycles. The number of nitrogens with one attached hydrogen (secondary N) is 1. The molecule has 5 heteroatoms. The average molecular weight is 303 g/mol. The molecule has 2 atom stereocenters. The summed E-state index contributed by atoms with van der Waals surface area (Å²) in [5.41, 5.74) is 1.24. The van der Waals surface area contributed by atoms with Gasteiger partial charge in [0.15, 0.2) is 0 Å². The van der Waals surface area contributed by atoms with E-state index in [0.29, 0.717) is 13.2 Å². The first-order valence-electron chi connectivity index (χ1n) is 8.14. The van der Waals surface area contributed by atoms with Crippen molar-refractivity contribution in [2.75, 3.05) is 44.7 Å². The number of rotatable bonds is 3. The highest BCUT2D eigenvalue weighted by Crippen LogP contribution is 2.22. The Hall–Kier alpha value is -1.59. The van der Waals surface area contributed by atoms with E-state index in [1.54, 1.807) is 0 Å². The summed E-state index contributed by atoms with van der Waals surface area (Å²) in [7, 11) is 1.92. The van der Waals surface area contributed by atoms with Crippen LogP contribution >= 0.6 is 0 Å². The second-order valence-corrected chi connectivity index (χ2v) is 6.09. The Kier molecular flexibility index (Phi) is 4.95. The second kappa shape index (κ2) is 7.11. The molecule has 2 unspecified atom stereocenters. The van der Waals surface area contributed by atoms with Crippen molar-refractivity contribution in [1.82, 2.24) is 10.2 Å². The number of hydrogen-bond acceptors (Lipinski definition) is 4. The van der Waals surface area contributed by atoms with E-state index >= 15 is 0 Å². The van der Waals surface area contributed by atoms with Gasteiger partial charge in [-0.15, -0.1) is 0 Å². The zero-order valence-corrected chi connectivity index (χ0v) is 13.2. The molecule has 1 N–H and O–H groups in total. The van der Waals surface area contributed by atoms with Crippen LogP contribution in [-0.2, 0) is 9.53 Å². The maximum Gasteiger partial charge on any atom is 0.253 e. The topological polar surface area (TPSA) is 44.8 Å². The van der Waals surface area contributed by atoms with E-state index in [-0.39, 0.29) is 18.1 Å². The number of benzene rings is 1. The number of anilines is 1. The molecule has 0 bridgehead atoms. The molecular weight excluding hydrogens is 278 g/mol. The highest BCUT2D eigenvalue weighted by molar-refractivity contribution is 5.81. The first-order valence-corrected chi connectivity index (χ1v) is 8.14. The van der Waals surface area contributed by atoms with Crippen molar-refractivity contribution in [3.05, 3.63) is 30.3 Å². The molecule has 0 aliphatic carbocycles. The van der Waals surface area contributed by atoms with E-state index in [4.69, 9.17) is 4.74 Å². The predicted octanol–water partition coefficient (Wildman–Crippen LogP) is 1.10. The van der Waals surface area contributed by atoms with Gasteiger partial charge in [0.1, 0.15) is 6.10 Å². The third kappa shape index (κ3) is 3.42. The summed E-state index contributed by atoms with van der Waals surface area (Å²) >= 11 is 0. The van der Waals surface area contributed by atoms with E-state index in [1.165, 1.54) is 5.69 Å². The van der Waals surface area contributed by atoms with Crippen LogP contribution in [0.2, 0.25) is 0 Å². The fourth-order valence-electron chi connectivity index (χ4n) is 3.28. The average Bonchev–Trinajstić information content (AvgIpc) is 2.62. The van der Waals surface area contributed by atoms with Gasteiger partial charge in [-0.2, -0.15) is 0 Å². The Morgan fingerprint density at radius 2 is 2.18 bits per heavy atom. The van der Waals surface area contributed by atoms with Gasteiger partial charge in [0, 0.05) is 45.0 Å². The van der Waals surface area contributed by atoms with Gasteiger partial charge in [0.05, 0.1) is 6.61 Å². The van der Waals surface area contributed by atoms with Crippen LogP contribution in [0.5, 0.6) is 0 Å². The van der Waals surface area contributed by atoms with Crippen LogP contribution in [0.25, 0.3) is 0 Å². The third-order valence-electron chi connectivity index (χ3n) is 4.62. The molecule has 3 rings (SSSR count). The van der Waals surface area contributed by atoms with Gasteiger partial charge in [0.25, 0.3) is 5.91 Å². The van der Waals surface area contributed by atoms with Crippen LogP contribution in [0.4, 0.5) is 5.69 Å². The minimum atomic E-state index is -0.328. The van der Waals surface area contributed by atoms with Crippen LogP contribution in [0.1, 0.15) is 12.8 Å². The number of piperidine rings is 1. The number of carbonyl (C=O) groups is 1. The molecule has 2 heterocycles. The monoisotopic (exact) mass is 303 g/mol. The molecule has 0 aromatic heterocycles. The molecule has 5 nitrogen and oxygen atoms in total. The Balaban J connectivity index is 1.62. The Morgan fingerprint density at radius 3 is 2.91 bits per heavy atom. The normalized spacial score (nSPS) is 25.8. The quantitative estimate of drug-likeness (QED) is 0.908. The summed E-state index contributed by atoms with van der Waals surface area (Å²) in [6.07, 6.45) is 1.85. The zero-order chi connectivity index (χ0) is 15.4. The molecule has 120 valence electrons. The van der Waals surface area contributed by atoms with E-state index < -0.39 is 0 Å². The van der Waals surface area contributed by atoms with Gasteiger partial charge in [-0.3, -0.25) is 4.79 Å². The largest absolute Gasteiger partial charge is 0.369 e. The van der Waals surface area contributed by atoms with Gasteiger partial charge < -0.3 is 19.9 Å². The maximum atomic E-state index is 12.6. The lowest BCUT2D eigenvalue weighted by Crippen LogP contribution is -2.54. The Labute approximate surface area is 132 Å². The highest BCUT2D eigenvalue weighted by Gasteiger charge is 2.31. The smallest absolute Gasteiger partial charge is 0.253 e. The molecule has 2 fully saturated rings. The molecule has 1 amide bonds. The summed E-state index contributed by atoms with van der Waals surface area (Å²) in [5.74, 6) is 0.104. The molecule has 2 saturated heterocycles. The molecular formula is C17H25N3O2. The van der Waals surface area contributed by atoms with Crippen molar-refractivity contribution < 1.29 is 9.53 Å². The predicted molar refractivity (Wildman–Crippen MR) is 87.1 cm³/mol. The Morgan fingerprint density at radius 1 is 1.36 bits per heavy atom. The lowest BCUT2D eigenvalue weighted by Gasteiger charge is -2.40. The molecule has 22 heavy (non-hydrogen) atoms. The second-order valence-electron chi connectivity index (χ2n) is 6.09. The zero-order valence-electron chi connectivity index (χ0n) is 13.2.